The highest BCUT2D eigenvalue weighted by atomic mass is 16.4. The number of aliphatic hydroxyl groups is 1. The number of hydrogen-bond acceptors (Lipinski definition) is 8. The molecule has 1 heterocycles. The summed E-state index contributed by atoms with van der Waals surface area (Å²) in [4.78, 5) is 59.1. The van der Waals surface area contributed by atoms with E-state index in [1.165, 1.54) is 11.8 Å². The number of carbonyl (C=O) groups is 4. The number of amides is 3. The standard InChI is InChI=1S/C21H40N10O6/c1-11(32)15(17(34)29-13(19(36)37)6-3-9-28-21(25)26)30-16(33)14-7-4-10-31(14)18(35)12(22)5-2-8-27-20(23)24/h11-15,32H,2-10,22H2,1H3,(H,29,34)(H,30,33)(H,36,37)(H4,23,24,27)(H4,25,26,28). The molecule has 0 saturated carbocycles. The van der Waals surface area contributed by atoms with E-state index in [9.17, 15) is 29.4 Å². The average molecular weight is 529 g/mol. The van der Waals surface area contributed by atoms with Crippen LogP contribution in [0.15, 0.2) is 9.98 Å². The van der Waals surface area contributed by atoms with Gasteiger partial charge in [0.05, 0.1) is 12.1 Å². The first-order valence-corrected chi connectivity index (χ1v) is 12.0. The first-order chi connectivity index (χ1) is 17.3. The first-order valence-electron chi connectivity index (χ1n) is 12.0. The Labute approximate surface area is 215 Å². The van der Waals surface area contributed by atoms with Crippen LogP contribution in [-0.2, 0) is 19.2 Å². The highest BCUT2D eigenvalue weighted by Crippen LogP contribution is 2.19. The molecule has 5 atom stereocenters. The molecule has 37 heavy (non-hydrogen) atoms. The van der Waals surface area contributed by atoms with E-state index in [2.05, 4.69) is 20.6 Å². The van der Waals surface area contributed by atoms with E-state index in [0.717, 1.165) is 0 Å². The van der Waals surface area contributed by atoms with Gasteiger partial charge >= 0.3 is 5.97 Å². The van der Waals surface area contributed by atoms with Crippen molar-refractivity contribution < 1.29 is 29.4 Å². The van der Waals surface area contributed by atoms with Crippen molar-refractivity contribution in [2.24, 2.45) is 38.7 Å². The molecule has 0 aromatic carbocycles. The van der Waals surface area contributed by atoms with Crippen molar-refractivity contribution in [1.29, 1.82) is 0 Å². The van der Waals surface area contributed by atoms with Crippen molar-refractivity contribution in [2.75, 3.05) is 19.6 Å². The number of nitrogens with one attached hydrogen (secondary N) is 2. The van der Waals surface area contributed by atoms with Crippen molar-refractivity contribution in [1.82, 2.24) is 15.5 Å². The molecule has 0 bridgehead atoms. The molecule has 16 nitrogen and oxygen atoms in total. The van der Waals surface area contributed by atoms with Crippen molar-refractivity contribution in [3.05, 3.63) is 0 Å². The van der Waals surface area contributed by atoms with Gasteiger partial charge in [0.25, 0.3) is 0 Å². The van der Waals surface area contributed by atoms with Crippen LogP contribution in [0.2, 0.25) is 0 Å². The lowest BCUT2D eigenvalue weighted by Crippen LogP contribution is -2.59. The number of likely N-dealkylation sites (tertiary alicyclic amines) is 1. The molecule has 1 saturated heterocycles. The minimum Gasteiger partial charge on any atom is -0.480 e. The molecule has 0 aromatic rings. The van der Waals surface area contributed by atoms with Gasteiger partial charge in [-0.05, 0) is 45.4 Å². The Morgan fingerprint density at radius 1 is 1.00 bits per heavy atom. The Morgan fingerprint density at radius 2 is 1.57 bits per heavy atom. The molecule has 210 valence electrons. The maximum atomic E-state index is 13.0. The van der Waals surface area contributed by atoms with Gasteiger partial charge < -0.3 is 54.4 Å². The molecule has 0 spiro atoms. The summed E-state index contributed by atoms with van der Waals surface area (Å²) in [5.41, 5.74) is 27.0. The number of guanidine groups is 2. The summed E-state index contributed by atoms with van der Waals surface area (Å²) in [6.45, 7) is 2.06. The van der Waals surface area contributed by atoms with E-state index in [1.807, 2.05) is 0 Å². The second-order valence-corrected chi connectivity index (χ2v) is 8.82. The average Bonchev–Trinajstić information content (AvgIpc) is 3.30. The number of carboxylic acid groups (broad SMARTS) is 1. The Bertz CT molecular complexity index is 857. The number of aliphatic hydroxyl groups excluding tert-OH is 1. The minimum atomic E-state index is -1.45. The zero-order valence-corrected chi connectivity index (χ0v) is 21.0. The Balaban J connectivity index is 2.78. The van der Waals surface area contributed by atoms with Crippen LogP contribution in [0.3, 0.4) is 0 Å². The van der Waals surface area contributed by atoms with E-state index in [-0.39, 0.29) is 31.3 Å². The fourth-order valence-corrected chi connectivity index (χ4v) is 3.84. The molecule has 16 heteroatoms. The van der Waals surface area contributed by atoms with Crippen LogP contribution in [-0.4, -0.2) is 101 Å². The Hall–Kier alpha value is -3.66. The Morgan fingerprint density at radius 3 is 2.08 bits per heavy atom. The monoisotopic (exact) mass is 528 g/mol. The molecule has 1 fully saturated rings. The number of aliphatic imine (C=N–C) groups is 2. The normalized spacial score (nSPS) is 18.1. The van der Waals surface area contributed by atoms with Crippen LogP contribution in [0.5, 0.6) is 0 Å². The number of hydrogen-bond donors (Lipinski definition) is 9. The topological polar surface area (TPSA) is 291 Å². The smallest absolute Gasteiger partial charge is 0.326 e. The third-order valence-corrected chi connectivity index (χ3v) is 5.75. The molecule has 3 amide bonds. The van der Waals surface area contributed by atoms with Gasteiger partial charge in [0, 0.05) is 19.6 Å². The minimum absolute atomic E-state index is 0.0182. The van der Waals surface area contributed by atoms with E-state index in [4.69, 9.17) is 28.7 Å². The van der Waals surface area contributed by atoms with Gasteiger partial charge in [0.1, 0.15) is 18.1 Å². The summed E-state index contributed by atoms with van der Waals surface area (Å²) in [5, 5.41) is 24.3. The second kappa shape index (κ2) is 15.5. The summed E-state index contributed by atoms with van der Waals surface area (Å²) in [5.74, 6) is -3.46. The maximum Gasteiger partial charge on any atom is 0.326 e. The third kappa shape index (κ3) is 10.9. The quantitative estimate of drug-likeness (QED) is 0.0558. The van der Waals surface area contributed by atoms with E-state index in [0.29, 0.717) is 38.8 Å². The van der Waals surface area contributed by atoms with Crippen molar-refractivity contribution in [2.45, 2.75) is 75.7 Å². The summed E-state index contributed by atoms with van der Waals surface area (Å²) in [7, 11) is 0. The van der Waals surface area contributed by atoms with Gasteiger partial charge in [0.2, 0.25) is 17.7 Å². The summed E-state index contributed by atoms with van der Waals surface area (Å²) >= 11 is 0. The number of aliphatic carboxylic acids is 1. The molecule has 0 aliphatic carbocycles. The molecule has 14 N–H and O–H groups in total. The highest BCUT2D eigenvalue weighted by Gasteiger charge is 2.38. The van der Waals surface area contributed by atoms with Crippen LogP contribution < -0.4 is 39.3 Å². The van der Waals surface area contributed by atoms with Crippen molar-refractivity contribution in [3.8, 4) is 0 Å². The predicted octanol–water partition coefficient (Wildman–Crippen LogP) is -4.15. The van der Waals surface area contributed by atoms with E-state index < -0.39 is 54.0 Å². The number of carboxylic acids is 1. The SMILES string of the molecule is CC(O)C(NC(=O)C1CCCN1C(=O)C(N)CCCN=C(N)N)C(=O)NC(CCCN=C(N)N)C(=O)O. The number of carbonyl (C=O) groups excluding carboxylic acids is 3. The number of rotatable bonds is 15. The van der Waals surface area contributed by atoms with E-state index in [1.54, 1.807) is 0 Å². The fourth-order valence-electron chi connectivity index (χ4n) is 3.84. The van der Waals surface area contributed by atoms with Crippen LogP contribution in [0.1, 0.15) is 45.4 Å². The van der Waals surface area contributed by atoms with Crippen LogP contribution in [0.25, 0.3) is 0 Å². The lowest BCUT2D eigenvalue weighted by molar-refractivity contribution is -0.144. The van der Waals surface area contributed by atoms with E-state index >= 15 is 0 Å². The molecule has 1 aliphatic heterocycles. The van der Waals surface area contributed by atoms with Gasteiger partial charge in [-0.2, -0.15) is 0 Å². The molecule has 0 radical (unpaired) electrons. The largest absolute Gasteiger partial charge is 0.480 e. The maximum absolute atomic E-state index is 13.0. The molecule has 5 unspecified atom stereocenters. The van der Waals surface area contributed by atoms with Gasteiger partial charge in [-0.1, -0.05) is 0 Å². The zero-order chi connectivity index (χ0) is 28.1. The predicted molar refractivity (Wildman–Crippen MR) is 136 cm³/mol. The fraction of sp³-hybridized carbons (Fsp3) is 0.714. The molecule has 0 aromatic heterocycles. The second-order valence-electron chi connectivity index (χ2n) is 8.82. The molecule has 1 aliphatic rings. The van der Waals surface area contributed by atoms with Gasteiger partial charge in [-0.15, -0.1) is 0 Å². The zero-order valence-electron chi connectivity index (χ0n) is 21.0. The lowest BCUT2D eigenvalue weighted by Gasteiger charge is -2.29. The third-order valence-electron chi connectivity index (χ3n) is 5.75. The summed E-state index contributed by atoms with van der Waals surface area (Å²) < 4.78 is 0. The van der Waals surface area contributed by atoms with Crippen molar-refractivity contribution >= 4 is 35.6 Å². The highest BCUT2D eigenvalue weighted by molar-refractivity contribution is 5.94. The number of nitrogens with two attached hydrogens (primary N) is 5. The van der Waals surface area contributed by atoms with Gasteiger partial charge in [-0.3, -0.25) is 24.4 Å². The molecular formula is C21H40N10O6. The van der Waals surface area contributed by atoms with Crippen LogP contribution in [0.4, 0.5) is 0 Å². The van der Waals surface area contributed by atoms with Crippen LogP contribution in [0, 0.1) is 0 Å². The van der Waals surface area contributed by atoms with Gasteiger partial charge in [-0.25, -0.2) is 4.79 Å². The summed E-state index contributed by atoms with van der Waals surface area (Å²) in [6.07, 6.45) is 0.608. The molecular weight excluding hydrogens is 488 g/mol. The van der Waals surface area contributed by atoms with Crippen molar-refractivity contribution in [3.63, 3.8) is 0 Å². The van der Waals surface area contributed by atoms with Crippen LogP contribution >= 0.6 is 0 Å². The summed E-state index contributed by atoms with van der Waals surface area (Å²) in [6, 6.07) is -4.49. The lowest BCUT2D eigenvalue weighted by atomic mass is 10.1. The number of nitrogens with zero attached hydrogens (tertiary/aromatic N) is 3. The van der Waals surface area contributed by atoms with Gasteiger partial charge in [0.15, 0.2) is 11.9 Å². The first kappa shape index (κ1) is 31.4. The molecule has 1 rings (SSSR count). The Kier molecular flexibility index (Phi) is 13.1.